The van der Waals surface area contributed by atoms with Crippen LogP contribution in [-0.4, -0.2) is 40.5 Å². The molecule has 5 nitrogen and oxygen atoms in total. The molecule has 1 saturated heterocycles. The van der Waals surface area contributed by atoms with Crippen LogP contribution in [0.2, 0.25) is 0 Å². The van der Waals surface area contributed by atoms with Gasteiger partial charge in [-0.1, -0.05) is 43.7 Å². The van der Waals surface area contributed by atoms with Crippen LogP contribution >= 0.6 is 0 Å². The molecule has 0 spiro atoms. The van der Waals surface area contributed by atoms with Crippen molar-refractivity contribution in [1.29, 1.82) is 0 Å². The topological polar surface area (TPSA) is 69.6 Å². The first-order valence-corrected chi connectivity index (χ1v) is 8.70. The van der Waals surface area contributed by atoms with Crippen LogP contribution in [0.5, 0.6) is 0 Å². The maximum atomic E-state index is 12.3. The van der Waals surface area contributed by atoms with Crippen LogP contribution in [-0.2, 0) is 16.1 Å². The number of aryl methyl sites for hydroxylation is 1. The summed E-state index contributed by atoms with van der Waals surface area (Å²) in [6.07, 6.45) is 1.42. The van der Waals surface area contributed by atoms with Gasteiger partial charge in [0.05, 0.1) is 11.5 Å². The number of nitrogens with zero attached hydrogens (tertiary/aromatic N) is 1. The van der Waals surface area contributed by atoms with Crippen LogP contribution < -0.4 is 5.32 Å². The van der Waals surface area contributed by atoms with Crippen molar-refractivity contribution in [3.63, 3.8) is 0 Å². The van der Waals surface area contributed by atoms with Gasteiger partial charge in [0.15, 0.2) is 0 Å². The summed E-state index contributed by atoms with van der Waals surface area (Å²) < 4.78 is 0. The van der Waals surface area contributed by atoms with E-state index in [0.29, 0.717) is 25.9 Å². The van der Waals surface area contributed by atoms with Gasteiger partial charge in [-0.2, -0.15) is 0 Å². The van der Waals surface area contributed by atoms with Crippen molar-refractivity contribution in [2.75, 3.05) is 13.1 Å². The van der Waals surface area contributed by atoms with Crippen LogP contribution in [0.4, 0.5) is 0 Å². The van der Waals surface area contributed by atoms with E-state index in [-0.39, 0.29) is 30.7 Å². The summed E-state index contributed by atoms with van der Waals surface area (Å²) in [5.41, 5.74) is 1.39. The lowest BCUT2D eigenvalue weighted by Crippen LogP contribution is -2.44. The Balaban J connectivity index is 1.89. The number of likely N-dealkylation sites (tertiary alicyclic amines) is 1. The van der Waals surface area contributed by atoms with Crippen molar-refractivity contribution >= 4 is 11.8 Å². The van der Waals surface area contributed by atoms with Gasteiger partial charge in [-0.3, -0.25) is 9.59 Å². The summed E-state index contributed by atoms with van der Waals surface area (Å²) in [4.78, 5) is 26.2. The molecular formula is C19H28N2O3. The van der Waals surface area contributed by atoms with Crippen molar-refractivity contribution in [3.8, 4) is 0 Å². The number of benzene rings is 1. The molecule has 5 heteroatoms. The van der Waals surface area contributed by atoms with Gasteiger partial charge in [0.1, 0.15) is 0 Å². The first kappa shape index (κ1) is 18.5. The predicted molar refractivity (Wildman–Crippen MR) is 93.2 cm³/mol. The fourth-order valence-electron chi connectivity index (χ4n) is 2.91. The van der Waals surface area contributed by atoms with Crippen molar-refractivity contribution in [1.82, 2.24) is 10.2 Å². The zero-order chi connectivity index (χ0) is 17.7. The highest BCUT2D eigenvalue weighted by Crippen LogP contribution is 2.21. The summed E-state index contributed by atoms with van der Waals surface area (Å²) in [5, 5.41) is 13.1. The van der Waals surface area contributed by atoms with Crippen LogP contribution in [0.1, 0.15) is 44.2 Å². The summed E-state index contributed by atoms with van der Waals surface area (Å²) >= 11 is 0. The smallest absolute Gasteiger partial charge is 0.225 e. The minimum Gasteiger partial charge on any atom is -0.388 e. The van der Waals surface area contributed by atoms with E-state index < -0.39 is 5.60 Å². The third kappa shape index (κ3) is 4.57. The molecule has 1 atom stereocenters. The van der Waals surface area contributed by atoms with Gasteiger partial charge in [-0.25, -0.2) is 0 Å². The Morgan fingerprint density at radius 1 is 1.29 bits per heavy atom. The van der Waals surface area contributed by atoms with E-state index in [1.165, 1.54) is 5.56 Å². The molecule has 1 aliphatic heterocycles. The van der Waals surface area contributed by atoms with E-state index in [0.717, 1.165) is 5.56 Å². The van der Waals surface area contributed by atoms with Crippen LogP contribution in [0.15, 0.2) is 24.3 Å². The van der Waals surface area contributed by atoms with E-state index >= 15 is 0 Å². The molecule has 1 heterocycles. The molecule has 0 bridgehead atoms. The fraction of sp³-hybridized carbons (Fsp3) is 0.579. The largest absolute Gasteiger partial charge is 0.388 e. The monoisotopic (exact) mass is 332 g/mol. The molecule has 132 valence electrons. The highest BCUT2D eigenvalue weighted by molar-refractivity contribution is 5.89. The number of hydrogen-bond donors (Lipinski definition) is 2. The summed E-state index contributed by atoms with van der Waals surface area (Å²) in [6.45, 7) is 7.04. The molecule has 2 amide bonds. The quantitative estimate of drug-likeness (QED) is 0.802. The molecular weight excluding hydrogens is 304 g/mol. The molecule has 0 aromatic heterocycles. The van der Waals surface area contributed by atoms with Gasteiger partial charge in [0.25, 0.3) is 0 Å². The molecule has 1 aromatic rings. The Hall–Kier alpha value is -1.88. The molecule has 2 rings (SSSR count). The second kappa shape index (κ2) is 7.79. The van der Waals surface area contributed by atoms with Gasteiger partial charge < -0.3 is 15.3 Å². The molecule has 1 aromatic carbocycles. The van der Waals surface area contributed by atoms with Gasteiger partial charge in [0, 0.05) is 26.1 Å². The second-order valence-electron chi connectivity index (χ2n) is 6.81. The van der Waals surface area contributed by atoms with Crippen LogP contribution in [0, 0.1) is 12.8 Å². The Morgan fingerprint density at radius 3 is 2.50 bits per heavy atom. The number of aliphatic hydroxyl groups is 1. The van der Waals surface area contributed by atoms with Crippen LogP contribution in [0.25, 0.3) is 0 Å². The van der Waals surface area contributed by atoms with Gasteiger partial charge in [0.2, 0.25) is 11.8 Å². The first-order chi connectivity index (χ1) is 11.4. The highest BCUT2D eigenvalue weighted by Gasteiger charge is 2.35. The maximum absolute atomic E-state index is 12.3. The molecule has 0 radical (unpaired) electrons. The molecule has 24 heavy (non-hydrogen) atoms. The zero-order valence-electron chi connectivity index (χ0n) is 14.8. The summed E-state index contributed by atoms with van der Waals surface area (Å²) in [5.74, 6) is -0.465. The van der Waals surface area contributed by atoms with Gasteiger partial charge in [-0.05, 0) is 25.3 Å². The number of hydrogen-bond acceptors (Lipinski definition) is 3. The zero-order valence-corrected chi connectivity index (χ0v) is 14.8. The second-order valence-corrected chi connectivity index (χ2v) is 6.81. The number of rotatable bonds is 7. The molecule has 0 saturated carbocycles. The Bertz CT molecular complexity index is 579. The number of nitrogens with one attached hydrogen (secondary N) is 1. The van der Waals surface area contributed by atoms with Crippen molar-refractivity contribution in [2.24, 2.45) is 5.92 Å². The molecule has 0 aliphatic carbocycles. The normalized spacial score (nSPS) is 18.1. The van der Waals surface area contributed by atoms with Gasteiger partial charge in [-0.15, -0.1) is 0 Å². The van der Waals surface area contributed by atoms with Crippen molar-refractivity contribution < 1.29 is 14.7 Å². The molecule has 1 fully saturated rings. The van der Waals surface area contributed by atoms with Gasteiger partial charge >= 0.3 is 0 Å². The fourth-order valence-corrected chi connectivity index (χ4v) is 2.91. The summed E-state index contributed by atoms with van der Waals surface area (Å²) in [7, 11) is 0. The Morgan fingerprint density at radius 2 is 1.92 bits per heavy atom. The average Bonchev–Trinajstić information content (AvgIpc) is 2.95. The lowest BCUT2D eigenvalue weighted by molar-refractivity contribution is -0.129. The predicted octanol–water partition coefficient (Wildman–Crippen LogP) is 2.01. The Labute approximate surface area is 144 Å². The Kier molecular flexibility index (Phi) is 5.99. The lowest BCUT2D eigenvalue weighted by atomic mass is 9.97. The lowest BCUT2D eigenvalue weighted by Gasteiger charge is -2.26. The highest BCUT2D eigenvalue weighted by atomic mass is 16.3. The number of amides is 2. The van der Waals surface area contributed by atoms with E-state index in [1.54, 1.807) is 4.90 Å². The maximum Gasteiger partial charge on any atom is 0.225 e. The minimum atomic E-state index is -0.861. The molecule has 1 aliphatic rings. The SMILES string of the molecule is CCC(O)(CC)CNC(=O)C1CC(=O)N(Cc2ccc(C)cc2)C1. The van der Waals surface area contributed by atoms with E-state index in [2.05, 4.69) is 5.32 Å². The third-order valence-electron chi connectivity index (χ3n) is 4.99. The first-order valence-electron chi connectivity index (χ1n) is 8.70. The van der Waals surface area contributed by atoms with Crippen molar-refractivity contribution in [2.45, 2.75) is 52.2 Å². The summed E-state index contributed by atoms with van der Waals surface area (Å²) in [6, 6.07) is 8.07. The van der Waals surface area contributed by atoms with Crippen LogP contribution in [0.3, 0.4) is 0 Å². The third-order valence-corrected chi connectivity index (χ3v) is 4.99. The molecule has 2 N–H and O–H groups in total. The van der Waals surface area contributed by atoms with E-state index in [9.17, 15) is 14.7 Å². The van der Waals surface area contributed by atoms with Crippen molar-refractivity contribution in [3.05, 3.63) is 35.4 Å². The average molecular weight is 332 g/mol. The van der Waals surface area contributed by atoms with E-state index in [1.807, 2.05) is 45.0 Å². The number of carbonyl (C=O) groups excluding carboxylic acids is 2. The standard InChI is InChI=1S/C19H28N2O3/c1-4-19(24,5-2)13-20-18(23)16-10-17(22)21(12-16)11-15-8-6-14(3)7-9-15/h6-9,16,24H,4-5,10-13H2,1-3H3,(H,20,23). The number of carbonyl (C=O) groups is 2. The minimum absolute atomic E-state index is 0.0111. The van der Waals surface area contributed by atoms with E-state index in [4.69, 9.17) is 0 Å². The molecule has 1 unspecified atom stereocenters.